The highest BCUT2D eigenvalue weighted by molar-refractivity contribution is 6.06. The van der Waals surface area contributed by atoms with Gasteiger partial charge in [-0.1, -0.05) is 31.5 Å². The molecule has 0 amide bonds. The van der Waals surface area contributed by atoms with Gasteiger partial charge in [-0.05, 0) is 19.4 Å². The highest BCUT2D eigenvalue weighted by Crippen LogP contribution is 2.22. The van der Waals surface area contributed by atoms with Crippen LogP contribution in [-0.4, -0.2) is 17.4 Å². The number of carbonyl (C=O) groups excluding carboxylic acids is 1. The molecule has 3 nitrogen and oxygen atoms in total. The molecule has 1 aromatic heterocycles. The van der Waals surface area contributed by atoms with Crippen LogP contribution in [0.3, 0.4) is 0 Å². The van der Waals surface area contributed by atoms with Crippen LogP contribution < -0.4 is 4.74 Å². The molecule has 1 aromatic carbocycles. The lowest BCUT2D eigenvalue weighted by Gasteiger charge is -2.08. The van der Waals surface area contributed by atoms with Gasteiger partial charge in [0.2, 0.25) is 5.88 Å². The molecule has 94 valence electrons. The third-order valence-corrected chi connectivity index (χ3v) is 2.82. The number of pyridine rings is 1. The second-order valence-electron chi connectivity index (χ2n) is 4.28. The van der Waals surface area contributed by atoms with Crippen molar-refractivity contribution >= 4 is 16.7 Å². The predicted molar refractivity (Wildman–Crippen MR) is 72.2 cm³/mol. The Hall–Kier alpha value is -1.90. The van der Waals surface area contributed by atoms with Crippen molar-refractivity contribution in [1.29, 1.82) is 0 Å². The van der Waals surface area contributed by atoms with Crippen molar-refractivity contribution in [3.63, 3.8) is 0 Å². The second-order valence-corrected chi connectivity index (χ2v) is 4.28. The van der Waals surface area contributed by atoms with E-state index in [2.05, 4.69) is 11.9 Å². The first kappa shape index (κ1) is 12.6. The van der Waals surface area contributed by atoms with Crippen LogP contribution in [0.2, 0.25) is 0 Å². The topological polar surface area (TPSA) is 39.2 Å². The lowest BCUT2D eigenvalue weighted by Crippen LogP contribution is -2.02. The summed E-state index contributed by atoms with van der Waals surface area (Å²) in [6.07, 6.45) is 2.07. The third-order valence-electron chi connectivity index (χ3n) is 2.82. The van der Waals surface area contributed by atoms with Gasteiger partial charge in [0.05, 0.1) is 12.1 Å². The van der Waals surface area contributed by atoms with Crippen molar-refractivity contribution in [2.45, 2.75) is 26.7 Å². The van der Waals surface area contributed by atoms with E-state index < -0.39 is 0 Å². The largest absolute Gasteiger partial charge is 0.478 e. The maximum Gasteiger partial charge on any atom is 0.214 e. The van der Waals surface area contributed by atoms with Crippen LogP contribution in [0.15, 0.2) is 30.3 Å². The molecule has 0 bridgehead atoms. The van der Waals surface area contributed by atoms with Crippen LogP contribution in [0, 0.1) is 0 Å². The number of hydrogen-bond acceptors (Lipinski definition) is 3. The molecule has 3 heteroatoms. The summed E-state index contributed by atoms with van der Waals surface area (Å²) in [5.41, 5.74) is 1.48. The van der Waals surface area contributed by atoms with E-state index in [1.165, 1.54) is 0 Å². The summed E-state index contributed by atoms with van der Waals surface area (Å²) in [7, 11) is 0. The van der Waals surface area contributed by atoms with Gasteiger partial charge in [0.25, 0.3) is 0 Å². The summed E-state index contributed by atoms with van der Waals surface area (Å²) < 4.78 is 5.58. The van der Waals surface area contributed by atoms with Crippen molar-refractivity contribution in [3.8, 4) is 5.88 Å². The van der Waals surface area contributed by atoms with E-state index >= 15 is 0 Å². The number of Topliss-reactive ketones (excluding diaryl/α,β-unsaturated/α-hetero) is 1. The molecule has 2 aromatic rings. The van der Waals surface area contributed by atoms with Gasteiger partial charge in [0.15, 0.2) is 5.78 Å². The molecule has 0 spiro atoms. The Bertz CT molecular complexity index is 563. The van der Waals surface area contributed by atoms with Crippen molar-refractivity contribution in [3.05, 3.63) is 35.9 Å². The molecular formula is C15H17NO2. The van der Waals surface area contributed by atoms with E-state index in [1.54, 1.807) is 13.0 Å². The molecule has 0 saturated heterocycles. The number of rotatable bonds is 5. The molecule has 0 fully saturated rings. The van der Waals surface area contributed by atoms with Gasteiger partial charge in [0.1, 0.15) is 0 Å². The number of fused-ring (bicyclic) bond motifs is 1. The monoisotopic (exact) mass is 243 g/mol. The predicted octanol–water partition coefficient (Wildman–Crippen LogP) is 3.62. The fourth-order valence-electron chi connectivity index (χ4n) is 1.84. The first-order valence-electron chi connectivity index (χ1n) is 6.26. The molecule has 0 aliphatic rings. The summed E-state index contributed by atoms with van der Waals surface area (Å²) in [6, 6.07) is 9.37. The molecule has 2 rings (SSSR count). The number of carbonyl (C=O) groups is 1. The Balaban J connectivity index is 2.41. The minimum atomic E-state index is 0.0361. The average molecular weight is 243 g/mol. The molecular weight excluding hydrogens is 226 g/mol. The van der Waals surface area contributed by atoms with Crippen LogP contribution in [0.1, 0.15) is 37.0 Å². The molecule has 0 radical (unpaired) electrons. The maximum absolute atomic E-state index is 11.7. The van der Waals surface area contributed by atoms with Gasteiger partial charge in [-0.3, -0.25) is 4.79 Å². The molecule has 0 atom stereocenters. The molecule has 0 saturated carbocycles. The summed E-state index contributed by atoms with van der Waals surface area (Å²) in [5.74, 6) is 0.571. The molecule has 0 aliphatic carbocycles. The summed E-state index contributed by atoms with van der Waals surface area (Å²) >= 11 is 0. The SMILES string of the molecule is CCCCOc1cc(C(C)=O)c2ccccc2n1. The van der Waals surface area contributed by atoms with Crippen molar-refractivity contribution in [2.24, 2.45) is 0 Å². The first-order chi connectivity index (χ1) is 8.72. The number of benzene rings is 1. The Kier molecular flexibility index (Phi) is 3.92. The quantitative estimate of drug-likeness (QED) is 0.594. The van der Waals surface area contributed by atoms with Crippen molar-refractivity contribution < 1.29 is 9.53 Å². The van der Waals surface area contributed by atoms with Crippen LogP contribution in [-0.2, 0) is 0 Å². The minimum Gasteiger partial charge on any atom is -0.478 e. The zero-order valence-corrected chi connectivity index (χ0v) is 10.8. The van der Waals surface area contributed by atoms with Crippen molar-refractivity contribution in [2.75, 3.05) is 6.61 Å². The van der Waals surface area contributed by atoms with Crippen LogP contribution >= 0.6 is 0 Å². The van der Waals surface area contributed by atoms with Gasteiger partial charge in [0, 0.05) is 17.0 Å². The highest BCUT2D eigenvalue weighted by Gasteiger charge is 2.09. The summed E-state index contributed by atoms with van der Waals surface area (Å²) in [6.45, 7) is 4.31. The zero-order chi connectivity index (χ0) is 13.0. The van der Waals surface area contributed by atoms with Crippen molar-refractivity contribution in [1.82, 2.24) is 4.98 Å². The second kappa shape index (κ2) is 5.63. The fraction of sp³-hybridized carbons (Fsp3) is 0.333. The van der Waals surface area contributed by atoms with E-state index in [0.29, 0.717) is 18.1 Å². The lowest BCUT2D eigenvalue weighted by atomic mass is 10.1. The Morgan fingerprint density at radius 1 is 1.33 bits per heavy atom. The van der Waals surface area contributed by atoms with Crippen LogP contribution in [0.25, 0.3) is 10.9 Å². The number of para-hydroxylation sites is 1. The van der Waals surface area contributed by atoms with Crippen LogP contribution in [0.4, 0.5) is 0 Å². The van der Waals surface area contributed by atoms with E-state index in [4.69, 9.17) is 4.74 Å². The third kappa shape index (κ3) is 2.67. The number of unbranched alkanes of at least 4 members (excludes halogenated alkanes) is 1. The molecule has 0 aliphatic heterocycles. The minimum absolute atomic E-state index is 0.0361. The van der Waals surface area contributed by atoms with E-state index in [0.717, 1.165) is 23.7 Å². The number of hydrogen-bond donors (Lipinski definition) is 0. The molecule has 18 heavy (non-hydrogen) atoms. The molecule has 1 heterocycles. The number of nitrogens with zero attached hydrogens (tertiary/aromatic N) is 1. The Labute approximate surface area is 107 Å². The Morgan fingerprint density at radius 3 is 2.83 bits per heavy atom. The average Bonchev–Trinajstić information content (AvgIpc) is 2.38. The summed E-state index contributed by atoms with van der Waals surface area (Å²) in [5, 5.41) is 0.882. The van der Waals surface area contributed by atoms with Crippen LogP contribution in [0.5, 0.6) is 5.88 Å². The lowest BCUT2D eigenvalue weighted by molar-refractivity contribution is 0.101. The number of ether oxygens (including phenoxy) is 1. The standard InChI is InChI=1S/C15H17NO2/c1-3-4-9-18-15-10-13(11(2)17)12-7-5-6-8-14(12)16-15/h5-8,10H,3-4,9H2,1-2H3. The normalized spacial score (nSPS) is 10.6. The van der Waals surface area contributed by atoms with Gasteiger partial charge in [-0.25, -0.2) is 4.98 Å². The van der Waals surface area contributed by atoms with E-state index in [1.807, 2.05) is 24.3 Å². The first-order valence-corrected chi connectivity index (χ1v) is 6.26. The van der Waals surface area contributed by atoms with Gasteiger partial charge < -0.3 is 4.74 Å². The van der Waals surface area contributed by atoms with Gasteiger partial charge >= 0.3 is 0 Å². The molecule has 0 N–H and O–H groups in total. The Morgan fingerprint density at radius 2 is 2.11 bits per heavy atom. The fourth-order valence-corrected chi connectivity index (χ4v) is 1.84. The van der Waals surface area contributed by atoms with E-state index in [9.17, 15) is 4.79 Å². The maximum atomic E-state index is 11.7. The summed E-state index contributed by atoms with van der Waals surface area (Å²) in [4.78, 5) is 16.1. The van der Waals surface area contributed by atoms with Gasteiger partial charge in [-0.2, -0.15) is 0 Å². The van der Waals surface area contributed by atoms with Gasteiger partial charge in [-0.15, -0.1) is 0 Å². The zero-order valence-electron chi connectivity index (χ0n) is 10.8. The van der Waals surface area contributed by atoms with E-state index in [-0.39, 0.29) is 5.78 Å². The number of ketones is 1. The molecule has 0 unspecified atom stereocenters. The highest BCUT2D eigenvalue weighted by atomic mass is 16.5. The smallest absolute Gasteiger partial charge is 0.214 e. The number of aromatic nitrogens is 1.